The first-order valence-electron chi connectivity index (χ1n) is 6.89. The third-order valence-corrected chi connectivity index (χ3v) is 3.72. The van der Waals surface area contributed by atoms with E-state index >= 15 is 0 Å². The summed E-state index contributed by atoms with van der Waals surface area (Å²) in [5.41, 5.74) is 7.04. The van der Waals surface area contributed by atoms with Crippen LogP contribution in [0, 0.1) is 5.82 Å². The van der Waals surface area contributed by atoms with Gasteiger partial charge in [-0.05, 0) is 18.9 Å². The zero-order valence-corrected chi connectivity index (χ0v) is 11.8. The van der Waals surface area contributed by atoms with Crippen molar-refractivity contribution in [2.75, 3.05) is 5.73 Å². The van der Waals surface area contributed by atoms with Crippen molar-refractivity contribution in [2.24, 2.45) is 7.05 Å². The summed E-state index contributed by atoms with van der Waals surface area (Å²) in [6.07, 6.45) is 3.34. The second-order valence-corrected chi connectivity index (χ2v) is 5.33. The fourth-order valence-electron chi connectivity index (χ4n) is 2.42. The van der Waals surface area contributed by atoms with Crippen molar-refractivity contribution in [3.63, 3.8) is 0 Å². The van der Waals surface area contributed by atoms with Crippen LogP contribution in [0.3, 0.4) is 0 Å². The van der Waals surface area contributed by atoms with Gasteiger partial charge < -0.3 is 10.6 Å². The van der Waals surface area contributed by atoms with Crippen LogP contribution < -0.4 is 5.73 Å². The Morgan fingerprint density at radius 2 is 2.19 bits per heavy atom. The van der Waals surface area contributed by atoms with Crippen LogP contribution in [0.15, 0.2) is 30.5 Å². The Balaban J connectivity index is 1.89. The van der Waals surface area contributed by atoms with Gasteiger partial charge in [-0.2, -0.15) is 5.10 Å². The number of nitrogen functional groups attached to an aromatic ring is 1. The van der Waals surface area contributed by atoms with E-state index in [1.807, 2.05) is 0 Å². The Kier molecular flexibility index (Phi) is 3.37. The third-order valence-electron chi connectivity index (χ3n) is 3.72. The molecule has 1 fully saturated rings. The van der Waals surface area contributed by atoms with Crippen molar-refractivity contribution in [3.8, 4) is 0 Å². The second-order valence-electron chi connectivity index (χ2n) is 5.33. The van der Waals surface area contributed by atoms with Gasteiger partial charge in [-0.3, -0.25) is 9.48 Å². The second kappa shape index (κ2) is 5.20. The third kappa shape index (κ3) is 2.61. The van der Waals surface area contributed by atoms with E-state index in [1.54, 1.807) is 30.1 Å². The quantitative estimate of drug-likeness (QED) is 0.935. The smallest absolute Gasteiger partial charge is 0.274 e. The summed E-state index contributed by atoms with van der Waals surface area (Å²) in [5.74, 6) is -0.493. The average Bonchev–Trinajstić information content (AvgIpc) is 3.23. The van der Waals surface area contributed by atoms with Crippen LogP contribution in [0.25, 0.3) is 0 Å². The van der Waals surface area contributed by atoms with E-state index in [4.69, 9.17) is 5.73 Å². The first-order chi connectivity index (χ1) is 10.1. The van der Waals surface area contributed by atoms with Crippen molar-refractivity contribution in [2.45, 2.75) is 25.4 Å². The molecule has 5 nitrogen and oxygen atoms in total. The summed E-state index contributed by atoms with van der Waals surface area (Å²) in [5, 5.41) is 3.99. The van der Waals surface area contributed by atoms with Crippen LogP contribution in [0.2, 0.25) is 0 Å². The van der Waals surface area contributed by atoms with Gasteiger partial charge in [0.1, 0.15) is 11.5 Å². The number of carbonyl (C=O) groups excluding carboxylic acids is 1. The molecule has 6 heteroatoms. The van der Waals surface area contributed by atoms with Crippen LogP contribution in [0.5, 0.6) is 0 Å². The minimum atomic E-state index is -0.297. The molecule has 0 spiro atoms. The summed E-state index contributed by atoms with van der Waals surface area (Å²) in [7, 11) is 1.68. The number of carbonyl (C=O) groups is 1. The maximum absolute atomic E-state index is 13.8. The van der Waals surface area contributed by atoms with Crippen LogP contribution in [0.4, 0.5) is 10.1 Å². The highest BCUT2D eigenvalue weighted by molar-refractivity contribution is 5.97. The lowest BCUT2D eigenvalue weighted by Crippen LogP contribution is -2.34. The molecule has 0 bridgehead atoms. The zero-order chi connectivity index (χ0) is 15.0. The zero-order valence-electron chi connectivity index (χ0n) is 11.8. The SMILES string of the molecule is Cn1ncc(N)c1C(=O)N(Cc1ccccc1F)C1CC1. The number of aryl methyl sites for hydroxylation is 1. The monoisotopic (exact) mass is 288 g/mol. The fraction of sp³-hybridized carbons (Fsp3) is 0.333. The lowest BCUT2D eigenvalue weighted by atomic mass is 10.2. The normalized spacial score (nSPS) is 14.2. The Morgan fingerprint density at radius 3 is 2.76 bits per heavy atom. The van der Waals surface area contributed by atoms with E-state index in [9.17, 15) is 9.18 Å². The van der Waals surface area contributed by atoms with Gasteiger partial charge in [-0.15, -0.1) is 0 Å². The highest BCUT2D eigenvalue weighted by Gasteiger charge is 2.35. The van der Waals surface area contributed by atoms with Gasteiger partial charge in [-0.25, -0.2) is 4.39 Å². The standard InChI is InChI=1S/C15H17FN4O/c1-19-14(13(17)8-18-19)15(21)20(11-6-7-11)9-10-4-2-3-5-12(10)16/h2-5,8,11H,6-7,9,17H2,1H3. The number of rotatable bonds is 4. The molecule has 2 aromatic rings. The molecule has 1 aromatic heterocycles. The van der Waals surface area contributed by atoms with Crippen molar-refractivity contribution in [1.29, 1.82) is 0 Å². The van der Waals surface area contributed by atoms with E-state index in [2.05, 4.69) is 5.10 Å². The minimum Gasteiger partial charge on any atom is -0.396 e. The van der Waals surface area contributed by atoms with E-state index in [0.29, 0.717) is 16.9 Å². The highest BCUT2D eigenvalue weighted by Crippen LogP contribution is 2.31. The molecule has 0 unspecified atom stereocenters. The molecular formula is C15H17FN4O. The summed E-state index contributed by atoms with van der Waals surface area (Å²) in [6.45, 7) is 0.251. The molecule has 1 aromatic carbocycles. The van der Waals surface area contributed by atoms with E-state index in [-0.39, 0.29) is 24.3 Å². The maximum atomic E-state index is 13.8. The van der Waals surface area contributed by atoms with Crippen molar-refractivity contribution in [1.82, 2.24) is 14.7 Å². The number of aromatic nitrogens is 2. The van der Waals surface area contributed by atoms with E-state index in [0.717, 1.165) is 12.8 Å². The molecule has 0 saturated heterocycles. The number of hydrogen-bond acceptors (Lipinski definition) is 3. The molecule has 2 N–H and O–H groups in total. The molecule has 21 heavy (non-hydrogen) atoms. The Bertz CT molecular complexity index is 659. The van der Waals surface area contributed by atoms with Gasteiger partial charge in [0.15, 0.2) is 0 Å². The van der Waals surface area contributed by atoms with Gasteiger partial charge in [0.25, 0.3) is 5.91 Å². The molecule has 3 rings (SSSR count). The molecule has 1 aliphatic rings. The molecular weight excluding hydrogens is 271 g/mol. The summed E-state index contributed by atoms with van der Waals surface area (Å²) in [6, 6.07) is 6.67. The number of nitrogens with zero attached hydrogens (tertiary/aromatic N) is 3. The molecule has 1 saturated carbocycles. The topological polar surface area (TPSA) is 64.2 Å². The van der Waals surface area contributed by atoms with Crippen molar-refractivity contribution >= 4 is 11.6 Å². The van der Waals surface area contributed by atoms with Gasteiger partial charge in [0.2, 0.25) is 0 Å². The Labute approximate surface area is 122 Å². The predicted molar refractivity (Wildman–Crippen MR) is 76.9 cm³/mol. The lowest BCUT2D eigenvalue weighted by molar-refractivity contribution is 0.0718. The van der Waals surface area contributed by atoms with Crippen LogP contribution >= 0.6 is 0 Å². The predicted octanol–water partition coefficient (Wildman–Crippen LogP) is 1.95. The number of anilines is 1. The van der Waals surface area contributed by atoms with Crippen LogP contribution in [-0.4, -0.2) is 26.6 Å². The largest absolute Gasteiger partial charge is 0.396 e. The Morgan fingerprint density at radius 1 is 1.48 bits per heavy atom. The summed E-state index contributed by atoms with van der Waals surface area (Å²) in [4.78, 5) is 14.4. The van der Waals surface area contributed by atoms with Crippen molar-refractivity contribution < 1.29 is 9.18 Å². The molecule has 1 aliphatic carbocycles. The summed E-state index contributed by atoms with van der Waals surface area (Å²) >= 11 is 0. The van der Waals surface area contributed by atoms with Gasteiger partial charge in [0.05, 0.1) is 11.9 Å². The van der Waals surface area contributed by atoms with Crippen molar-refractivity contribution in [3.05, 3.63) is 47.5 Å². The molecule has 0 radical (unpaired) electrons. The maximum Gasteiger partial charge on any atom is 0.274 e. The van der Waals surface area contributed by atoms with Gasteiger partial charge in [0, 0.05) is 25.2 Å². The van der Waals surface area contributed by atoms with E-state index in [1.165, 1.54) is 16.9 Å². The molecule has 1 heterocycles. The molecule has 110 valence electrons. The number of halogens is 1. The van der Waals surface area contributed by atoms with Crippen LogP contribution in [0.1, 0.15) is 28.9 Å². The Hall–Kier alpha value is -2.37. The molecule has 1 amide bonds. The highest BCUT2D eigenvalue weighted by atomic mass is 19.1. The van der Waals surface area contributed by atoms with Crippen LogP contribution in [-0.2, 0) is 13.6 Å². The molecule has 0 aliphatic heterocycles. The number of amides is 1. The minimum absolute atomic E-state index is 0.159. The first-order valence-corrected chi connectivity index (χ1v) is 6.89. The van der Waals surface area contributed by atoms with Gasteiger partial charge >= 0.3 is 0 Å². The number of benzene rings is 1. The first kappa shape index (κ1) is 13.6. The van der Waals surface area contributed by atoms with Gasteiger partial charge in [-0.1, -0.05) is 18.2 Å². The fourth-order valence-corrected chi connectivity index (χ4v) is 2.42. The number of hydrogen-bond donors (Lipinski definition) is 1. The summed E-state index contributed by atoms with van der Waals surface area (Å²) < 4.78 is 15.3. The number of nitrogens with two attached hydrogens (primary N) is 1. The average molecular weight is 288 g/mol. The van der Waals surface area contributed by atoms with E-state index < -0.39 is 0 Å². The molecule has 0 atom stereocenters. The lowest BCUT2D eigenvalue weighted by Gasteiger charge is -2.23.